The summed E-state index contributed by atoms with van der Waals surface area (Å²) in [7, 11) is 0. The molecular formula is C22H17N3O. The molecule has 0 aliphatic heterocycles. The van der Waals surface area contributed by atoms with E-state index in [0.717, 1.165) is 27.6 Å². The molecule has 0 fully saturated rings. The van der Waals surface area contributed by atoms with Crippen LogP contribution in [0.1, 0.15) is 15.9 Å². The molecule has 1 amide bonds. The Morgan fingerprint density at radius 2 is 1.73 bits per heavy atom. The molecule has 0 saturated carbocycles. The lowest BCUT2D eigenvalue weighted by molar-refractivity contribution is 0.0952. The Kier molecular flexibility index (Phi) is 4.39. The molecule has 126 valence electrons. The van der Waals surface area contributed by atoms with Gasteiger partial charge in [-0.3, -0.25) is 14.8 Å². The summed E-state index contributed by atoms with van der Waals surface area (Å²) in [6.07, 6.45) is 5.26. The van der Waals surface area contributed by atoms with E-state index in [0.29, 0.717) is 12.1 Å². The van der Waals surface area contributed by atoms with Crippen molar-refractivity contribution in [1.82, 2.24) is 15.3 Å². The first kappa shape index (κ1) is 16.0. The van der Waals surface area contributed by atoms with Gasteiger partial charge in [0.25, 0.3) is 5.91 Å². The summed E-state index contributed by atoms with van der Waals surface area (Å²) in [6, 6.07) is 21.3. The van der Waals surface area contributed by atoms with Gasteiger partial charge in [0.2, 0.25) is 0 Å². The zero-order chi connectivity index (χ0) is 17.8. The third kappa shape index (κ3) is 3.17. The number of benzene rings is 2. The highest BCUT2D eigenvalue weighted by molar-refractivity contribution is 6.07. The first-order valence-electron chi connectivity index (χ1n) is 8.43. The van der Waals surface area contributed by atoms with Gasteiger partial charge in [0.1, 0.15) is 0 Å². The average molecular weight is 339 g/mol. The van der Waals surface area contributed by atoms with Crippen LogP contribution in [0.5, 0.6) is 0 Å². The van der Waals surface area contributed by atoms with E-state index < -0.39 is 0 Å². The van der Waals surface area contributed by atoms with Crippen LogP contribution >= 0.6 is 0 Å². The first-order valence-corrected chi connectivity index (χ1v) is 8.43. The van der Waals surface area contributed by atoms with Crippen LogP contribution < -0.4 is 5.32 Å². The van der Waals surface area contributed by atoms with Crippen LogP contribution in [0.2, 0.25) is 0 Å². The van der Waals surface area contributed by atoms with Gasteiger partial charge in [-0.2, -0.15) is 0 Å². The van der Waals surface area contributed by atoms with Crippen molar-refractivity contribution >= 4 is 16.7 Å². The molecule has 2 aromatic carbocycles. The molecule has 4 aromatic rings. The van der Waals surface area contributed by atoms with E-state index in [1.807, 2.05) is 66.7 Å². The Bertz CT molecular complexity index is 1060. The number of carbonyl (C=O) groups excluding carboxylic acids is 1. The maximum absolute atomic E-state index is 12.7. The van der Waals surface area contributed by atoms with E-state index in [4.69, 9.17) is 0 Å². The summed E-state index contributed by atoms with van der Waals surface area (Å²) in [5, 5.41) is 5.02. The molecule has 0 aliphatic rings. The Morgan fingerprint density at radius 1 is 0.885 bits per heavy atom. The number of amides is 1. The molecule has 0 unspecified atom stereocenters. The molecule has 0 atom stereocenters. The number of nitrogens with one attached hydrogen (secondary N) is 1. The van der Waals surface area contributed by atoms with E-state index in [9.17, 15) is 4.79 Å². The Balaban J connectivity index is 1.59. The molecule has 0 radical (unpaired) electrons. The van der Waals surface area contributed by atoms with Gasteiger partial charge in [-0.1, -0.05) is 42.5 Å². The van der Waals surface area contributed by atoms with Crippen molar-refractivity contribution < 1.29 is 4.79 Å². The number of fused-ring (bicyclic) bond motifs is 1. The van der Waals surface area contributed by atoms with E-state index >= 15 is 0 Å². The normalized spacial score (nSPS) is 10.6. The molecule has 4 rings (SSSR count). The van der Waals surface area contributed by atoms with Crippen LogP contribution in [0.4, 0.5) is 0 Å². The zero-order valence-electron chi connectivity index (χ0n) is 14.1. The minimum Gasteiger partial charge on any atom is -0.348 e. The number of pyridine rings is 2. The molecule has 26 heavy (non-hydrogen) atoms. The molecule has 0 aliphatic carbocycles. The molecule has 2 aromatic heterocycles. The molecule has 0 bridgehead atoms. The van der Waals surface area contributed by atoms with E-state index in [1.54, 1.807) is 18.6 Å². The number of hydrogen-bond donors (Lipinski definition) is 1. The van der Waals surface area contributed by atoms with Crippen molar-refractivity contribution in [2.24, 2.45) is 0 Å². The molecule has 0 spiro atoms. The van der Waals surface area contributed by atoms with Gasteiger partial charge >= 0.3 is 0 Å². The SMILES string of the molecule is O=C(NCc1cccnc1-c1cccnc1)c1cccc2ccccc12. The summed E-state index contributed by atoms with van der Waals surface area (Å²) in [4.78, 5) is 21.3. The van der Waals surface area contributed by atoms with Crippen molar-refractivity contribution in [2.45, 2.75) is 6.54 Å². The zero-order valence-corrected chi connectivity index (χ0v) is 14.1. The van der Waals surface area contributed by atoms with Crippen LogP contribution in [-0.4, -0.2) is 15.9 Å². The highest BCUT2D eigenvalue weighted by Crippen LogP contribution is 2.21. The van der Waals surface area contributed by atoms with Crippen molar-refractivity contribution in [1.29, 1.82) is 0 Å². The van der Waals surface area contributed by atoms with Crippen molar-refractivity contribution in [3.05, 3.63) is 96.4 Å². The van der Waals surface area contributed by atoms with Crippen molar-refractivity contribution in [3.8, 4) is 11.3 Å². The molecule has 4 heteroatoms. The number of rotatable bonds is 4. The maximum Gasteiger partial charge on any atom is 0.252 e. The first-order chi connectivity index (χ1) is 12.8. The van der Waals surface area contributed by atoms with Crippen molar-refractivity contribution in [3.63, 3.8) is 0 Å². The Morgan fingerprint density at radius 3 is 2.62 bits per heavy atom. The number of hydrogen-bond acceptors (Lipinski definition) is 3. The minimum absolute atomic E-state index is 0.0946. The predicted octanol–water partition coefficient (Wildman–Crippen LogP) is 4.23. The van der Waals surface area contributed by atoms with E-state index in [2.05, 4.69) is 15.3 Å². The van der Waals surface area contributed by atoms with Crippen LogP contribution in [0, 0.1) is 0 Å². The topological polar surface area (TPSA) is 54.9 Å². The maximum atomic E-state index is 12.7. The van der Waals surface area contributed by atoms with Crippen LogP contribution in [0.3, 0.4) is 0 Å². The van der Waals surface area contributed by atoms with Crippen LogP contribution in [0.15, 0.2) is 85.3 Å². The quantitative estimate of drug-likeness (QED) is 0.605. The van der Waals surface area contributed by atoms with E-state index in [1.165, 1.54) is 0 Å². The molecule has 0 saturated heterocycles. The van der Waals surface area contributed by atoms with E-state index in [-0.39, 0.29) is 5.91 Å². The fourth-order valence-electron chi connectivity index (χ4n) is 3.04. The summed E-state index contributed by atoms with van der Waals surface area (Å²) in [5.74, 6) is -0.0946. The monoisotopic (exact) mass is 339 g/mol. The Hall–Kier alpha value is -3.53. The molecule has 1 N–H and O–H groups in total. The number of nitrogens with zero attached hydrogens (tertiary/aromatic N) is 2. The third-order valence-electron chi connectivity index (χ3n) is 4.30. The second-order valence-electron chi connectivity index (χ2n) is 5.96. The largest absolute Gasteiger partial charge is 0.348 e. The fraction of sp³-hybridized carbons (Fsp3) is 0.0455. The Labute approximate surface area is 151 Å². The molecule has 4 nitrogen and oxygen atoms in total. The number of aromatic nitrogens is 2. The molecule has 2 heterocycles. The summed E-state index contributed by atoms with van der Waals surface area (Å²) < 4.78 is 0. The van der Waals surface area contributed by atoms with Gasteiger partial charge in [0.05, 0.1) is 5.69 Å². The van der Waals surface area contributed by atoms with Crippen LogP contribution in [0.25, 0.3) is 22.0 Å². The molecular weight excluding hydrogens is 322 g/mol. The smallest absolute Gasteiger partial charge is 0.252 e. The summed E-state index contributed by atoms with van der Waals surface area (Å²) in [5.41, 5.74) is 3.39. The van der Waals surface area contributed by atoms with Gasteiger partial charge in [0, 0.05) is 36.3 Å². The van der Waals surface area contributed by atoms with Crippen LogP contribution in [-0.2, 0) is 6.54 Å². The lowest BCUT2D eigenvalue weighted by atomic mass is 10.0. The van der Waals surface area contributed by atoms with Gasteiger partial charge in [-0.05, 0) is 40.6 Å². The van der Waals surface area contributed by atoms with Gasteiger partial charge in [-0.25, -0.2) is 0 Å². The second-order valence-corrected chi connectivity index (χ2v) is 5.96. The van der Waals surface area contributed by atoms with Gasteiger partial charge < -0.3 is 5.32 Å². The fourth-order valence-corrected chi connectivity index (χ4v) is 3.04. The average Bonchev–Trinajstić information content (AvgIpc) is 2.72. The van der Waals surface area contributed by atoms with Gasteiger partial charge in [0.15, 0.2) is 0 Å². The summed E-state index contributed by atoms with van der Waals surface area (Å²) >= 11 is 0. The van der Waals surface area contributed by atoms with Gasteiger partial charge in [-0.15, -0.1) is 0 Å². The predicted molar refractivity (Wildman–Crippen MR) is 103 cm³/mol. The lowest BCUT2D eigenvalue weighted by Gasteiger charge is -2.11. The summed E-state index contributed by atoms with van der Waals surface area (Å²) in [6.45, 7) is 0.403. The van der Waals surface area contributed by atoms with Crippen molar-refractivity contribution in [2.75, 3.05) is 0 Å². The standard InChI is InChI=1S/C22H17N3O/c26-22(20-11-3-7-16-6-1-2-10-19(16)20)25-15-18-9-5-13-24-21(18)17-8-4-12-23-14-17/h1-14H,15H2,(H,25,26). The number of carbonyl (C=O) groups is 1. The third-order valence-corrected chi connectivity index (χ3v) is 4.30. The lowest BCUT2D eigenvalue weighted by Crippen LogP contribution is -2.23. The highest BCUT2D eigenvalue weighted by atomic mass is 16.1. The minimum atomic E-state index is -0.0946. The second kappa shape index (κ2) is 7.15. The highest BCUT2D eigenvalue weighted by Gasteiger charge is 2.11.